The summed E-state index contributed by atoms with van der Waals surface area (Å²) in [6.07, 6.45) is 1.59. The average Bonchev–Trinajstić information content (AvgIpc) is 2.67. The van der Waals surface area contributed by atoms with Crippen molar-refractivity contribution in [3.63, 3.8) is 0 Å². The van der Waals surface area contributed by atoms with Gasteiger partial charge in [-0.25, -0.2) is 8.42 Å². The van der Waals surface area contributed by atoms with Gasteiger partial charge < -0.3 is 9.47 Å². The van der Waals surface area contributed by atoms with Gasteiger partial charge in [-0.1, -0.05) is 30.3 Å². The number of rotatable bonds is 8. The zero-order valence-electron chi connectivity index (χ0n) is 14.6. The lowest BCUT2D eigenvalue weighted by Crippen LogP contribution is -2.41. The van der Waals surface area contributed by atoms with E-state index in [9.17, 15) is 13.2 Å². The summed E-state index contributed by atoms with van der Waals surface area (Å²) in [5, 5.41) is 0. The Hall–Kier alpha value is -2.64. The van der Waals surface area contributed by atoms with E-state index in [1.165, 1.54) is 25.3 Å². The molecule has 26 heavy (non-hydrogen) atoms. The van der Waals surface area contributed by atoms with Gasteiger partial charge >= 0.3 is 5.97 Å². The van der Waals surface area contributed by atoms with Crippen LogP contribution in [0.3, 0.4) is 0 Å². The standard InChI is InChI=1S/C19H21NO5S/c1-4-5-18(19(21)25-3)20-26(22,23)17-12-8-15(9-13-17)14-6-10-16(24-2)11-7-14/h4,6-13,18,20H,1,5H2,2-3H3/t18-/m1/s1. The minimum Gasteiger partial charge on any atom is -0.497 e. The molecule has 0 aliphatic carbocycles. The summed E-state index contributed by atoms with van der Waals surface area (Å²) in [6, 6.07) is 12.8. The second kappa shape index (κ2) is 8.64. The van der Waals surface area contributed by atoms with Crippen LogP contribution >= 0.6 is 0 Å². The smallest absolute Gasteiger partial charge is 0.324 e. The van der Waals surface area contributed by atoms with Gasteiger partial charge in [0, 0.05) is 0 Å². The lowest BCUT2D eigenvalue weighted by atomic mass is 10.1. The van der Waals surface area contributed by atoms with Crippen LogP contribution < -0.4 is 9.46 Å². The molecule has 7 heteroatoms. The molecule has 0 radical (unpaired) electrons. The molecule has 0 aliphatic rings. The molecule has 0 spiro atoms. The molecule has 0 amide bonds. The van der Waals surface area contributed by atoms with E-state index >= 15 is 0 Å². The third kappa shape index (κ3) is 4.71. The van der Waals surface area contributed by atoms with Crippen LogP contribution in [0.2, 0.25) is 0 Å². The molecule has 0 aromatic heterocycles. The molecular formula is C19H21NO5S. The third-order valence-electron chi connectivity index (χ3n) is 3.77. The summed E-state index contributed by atoms with van der Waals surface area (Å²) < 4.78 is 37.1. The number of carbonyl (C=O) groups excluding carboxylic acids is 1. The third-order valence-corrected chi connectivity index (χ3v) is 5.26. The van der Waals surface area contributed by atoms with E-state index in [0.29, 0.717) is 0 Å². The number of esters is 1. The number of ether oxygens (including phenoxy) is 2. The van der Waals surface area contributed by atoms with Crippen LogP contribution in [0.25, 0.3) is 11.1 Å². The molecule has 138 valence electrons. The molecular weight excluding hydrogens is 354 g/mol. The number of sulfonamides is 1. The fraction of sp³-hybridized carbons (Fsp3) is 0.211. The molecule has 2 aromatic rings. The highest BCUT2D eigenvalue weighted by molar-refractivity contribution is 7.89. The predicted octanol–water partition coefficient (Wildman–Crippen LogP) is 2.76. The van der Waals surface area contributed by atoms with Gasteiger partial charge in [0.15, 0.2) is 0 Å². The summed E-state index contributed by atoms with van der Waals surface area (Å²) in [5.74, 6) is 0.0801. The Morgan fingerprint density at radius 2 is 1.62 bits per heavy atom. The van der Waals surface area contributed by atoms with Crippen molar-refractivity contribution in [3.8, 4) is 16.9 Å². The number of hydrogen-bond donors (Lipinski definition) is 1. The number of methoxy groups -OCH3 is 2. The zero-order chi connectivity index (χ0) is 19.2. The van der Waals surface area contributed by atoms with Gasteiger partial charge in [-0.3, -0.25) is 4.79 Å². The molecule has 1 atom stereocenters. The van der Waals surface area contributed by atoms with E-state index in [2.05, 4.69) is 16.0 Å². The first-order valence-corrected chi connectivity index (χ1v) is 9.35. The SMILES string of the molecule is C=CC[C@@H](NS(=O)(=O)c1ccc(-c2ccc(OC)cc2)cc1)C(=O)OC. The van der Waals surface area contributed by atoms with Gasteiger partial charge in [0.2, 0.25) is 10.0 Å². The van der Waals surface area contributed by atoms with Gasteiger partial charge in [-0.15, -0.1) is 6.58 Å². The monoisotopic (exact) mass is 375 g/mol. The molecule has 0 saturated carbocycles. The highest BCUT2D eigenvalue weighted by Gasteiger charge is 2.25. The Labute approximate surface area is 153 Å². The van der Waals surface area contributed by atoms with Crippen molar-refractivity contribution in [3.05, 3.63) is 61.2 Å². The van der Waals surface area contributed by atoms with Gasteiger partial charge in [0.25, 0.3) is 0 Å². The van der Waals surface area contributed by atoms with Crippen molar-refractivity contribution in [2.75, 3.05) is 14.2 Å². The topological polar surface area (TPSA) is 81.7 Å². The largest absolute Gasteiger partial charge is 0.497 e. The molecule has 0 fully saturated rings. The number of benzene rings is 2. The fourth-order valence-electron chi connectivity index (χ4n) is 2.37. The van der Waals surface area contributed by atoms with Gasteiger partial charge in [-0.2, -0.15) is 4.72 Å². The van der Waals surface area contributed by atoms with Crippen molar-refractivity contribution in [1.29, 1.82) is 0 Å². The van der Waals surface area contributed by atoms with Crippen molar-refractivity contribution in [1.82, 2.24) is 4.72 Å². The van der Waals surface area contributed by atoms with Gasteiger partial charge in [0.1, 0.15) is 11.8 Å². The van der Waals surface area contributed by atoms with Crippen molar-refractivity contribution in [2.24, 2.45) is 0 Å². The van der Waals surface area contributed by atoms with Crippen LogP contribution in [0, 0.1) is 0 Å². The summed E-state index contributed by atoms with van der Waals surface area (Å²) in [7, 11) is -1.07. The van der Waals surface area contributed by atoms with E-state index in [-0.39, 0.29) is 11.3 Å². The summed E-state index contributed by atoms with van der Waals surface area (Å²) in [6.45, 7) is 3.53. The highest BCUT2D eigenvalue weighted by atomic mass is 32.2. The van der Waals surface area contributed by atoms with E-state index in [4.69, 9.17) is 4.74 Å². The van der Waals surface area contributed by atoms with Crippen LogP contribution in [0.15, 0.2) is 66.1 Å². The van der Waals surface area contributed by atoms with E-state index in [1.807, 2.05) is 24.3 Å². The first kappa shape index (κ1) is 19.7. The molecule has 0 heterocycles. The Morgan fingerprint density at radius 1 is 1.08 bits per heavy atom. The van der Waals surface area contributed by atoms with Crippen LogP contribution in [-0.2, 0) is 19.6 Å². The molecule has 2 aromatic carbocycles. The Morgan fingerprint density at radius 3 is 2.08 bits per heavy atom. The number of hydrogen-bond acceptors (Lipinski definition) is 5. The van der Waals surface area contributed by atoms with E-state index in [1.54, 1.807) is 19.2 Å². The maximum absolute atomic E-state index is 12.5. The molecule has 0 aliphatic heterocycles. The lowest BCUT2D eigenvalue weighted by Gasteiger charge is -2.15. The second-order valence-corrected chi connectivity index (χ2v) is 7.19. The van der Waals surface area contributed by atoms with Crippen molar-refractivity contribution >= 4 is 16.0 Å². The number of carbonyl (C=O) groups is 1. The first-order chi connectivity index (χ1) is 12.4. The molecule has 1 N–H and O–H groups in total. The molecule has 0 saturated heterocycles. The summed E-state index contributed by atoms with van der Waals surface area (Å²) in [5.41, 5.74) is 1.80. The van der Waals surface area contributed by atoms with Crippen LogP contribution in [0.5, 0.6) is 5.75 Å². The minimum absolute atomic E-state index is 0.0627. The molecule has 0 bridgehead atoms. The predicted molar refractivity (Wildman–Crippen MR) is 99.4 cm³/mol. The molecule has 0 unspecified atom stereocenters. The Balaban J connectivity index is 2.22. The quantitative estimate of drug-likeness (QED) is 0.567. The van der Waals surface area contributed by atoms with E-state index in [0.717, 1.165) is 16.9 Å². The summed E-state index contributed by atoms with van der Waals surface area (Å²) in [4.78, 5) is 11.8. The Kier molecular flexibility index (Phi) is 6.54. The zero-order valence-corrected chi connectivity index (χ0v) is 15.5. The van der Waals surface area contributed by atoms with Gasteiger partial charge in [0.05, 0.1) is 19.1 Å². The lowest BCUT2D eigenvalue weighted by molar-refractivity contribution is -0.142. The minimum atomic E-state index is -3.87. The molecule has 2 rings (SSSR count). The fourth-order valence-corrected chi connectivity index (χ4v) is 3.56. The van der Waals surface area contributed by atoms with Crippen molar-refractivity contribution in [2.45, 2.75) is 17.4 Å². The van der Waals surface area contributed by atoms with Crippen LogP contribution in [0.4, 0.5) is 0 Å². The van der Waals surface area contributed by atoms with Gasteiger partial charge in [-0.05, 0) is 41.8 Å². The second-order valence-electron chi connectivity index (χ2n) is 5.47. The van der Waals surface area contributed by atoms with E-state index < -0.39 is 22.0 Å². The maximum Gasteiger partial charge on any atom is 0.324 e. The van der Waals surface area contributed by atoms with Crippen LogP contribution in [-0.4, -0.2) is 34.6 Å². The van der Waals surface area contributed by atoms with Crippen molar-refractivity contribution < 1.29 is 22.7 Å². The number of nitrogens with one attached hydrogen (secondary N) is 1. The molecule has 6 nitrogen and oxygen atoms in total. The first-order valence-electron chi connectivity index (χ1n) is 7.87. The normalized spacial score (nSPS) is 12.2. The highest BCUT2D eigenvalue weighted by Crippen LogP contribution is 2.24. The van der Waals surface area contributed by atoms with Crippen LogP contribution in [0.1, 0.15) is 6.42 Å². The average molecular weight is 375 g/mol. The maximum atomic E-state index is 12.5. The Bertz CT molecular complexity index is 858. The summed E-state index contributed by atoms with van der Waals surface area (Å²) >= 11 is 0.